The number of aromatic nitrogens is 2. The van der Waals surface area contributed by atoms with E-state index in [0.717, 1.165) is 25.2 Å². The van der Waals surface area contributed by atoms with Gasteiger partial charge in [0.2, 0.25) is 0 Å². The standard InChI is InChI=1S/C9H15N3/c1-2-12-7-6-11-8(12)9(10)4-3-5-9/h6-7H,2-5,10H2,1H3. The molecule has 1 fully saturated rings. The summed E-state index contributed by atoms with van der Waals surface area (Å²) in [6.45, 7) is 3.08. The molecule has 1 aliphatic carbocycles. The van der Waals surface area contributed by atoms with Gasteiger partial charge in [0.05, 0.1) is 5.54 Å². The summed E-state index contributed by atoms with van der Waals surface area (Å²) >= 11 is 0. The third-order valence-corrected chi connectivity index (χ3v) is 2.75. The van der Waals surface area contributed by atoms with Gasteiger partial charge in [0.25, 0.3) is 0 Å². The largest absolute Gasteiger partial charge is 0.334 e. The third kappa shape index (κ3) is 0.966. The molecule has 0 radical (unpaired) electrons. The fourth-order valence-electron chi connectivity index (χ4n) is 1.78. The fraction of sp³-hybridized carbons (Fsp3) is 0.667. The molecule has 0 aliphatic heterocycles. The third-order valence-electron chi connectivity index (χ3n) is 2.75. The number of hydrogen-bond acceptors (Lipinski definition) is 2. The minimum atomic E-state index is -0.112. The van der Waals surface area contributed by atoms with Crippen LogP contribution in [0.15, 0.2) is 12.4 Å². The first-order valence-corrected chi connectivity index (χ1v) is 4.57. The van der Waals surface area contributed by atoms with Crippen LogP contribution >= 0.6 is 0 Å². The van der Waals surface area contributed by atoms with Gasteiger partial charge in [-0.25, -0.2) is 4.98 Å². The molecule has 1 aromatic heterocycles. The zero-order valence-corrected chi connectivity index (χ0v) is 7.45. The quantitative estimate of drug-likeness (QED) is 0.716. The minimum Gasteiger partial charge on any atom is -0.334 e. The molecule has 1 aliphatic rings. The zero-order valence-electron chi connectivity index (χ0n) is 7.45. The molecule has 0 aromatic carbocycles. The van der Waals surface area contributed by atoms with E-state index in [1.165, 1.54) is 6.42 Å². The van der Waals surface area contributed by atoms with Gasteiger partial charge in [-0.3, -0.25) is 0 Å². The first-order valence-electron chi connectivity index (χ1n) is 4.57. The average Bonchev–Trinajstić information content (AvgIpc) is 2.47. The number of hydrogen-bond donors (Lipinski definition) is 1. The molecule has 0 unspecified atom stereocenters. The van der Waals surface area contributed by atoms with Crippen LogP contribution in [-0.4, -0.2) is 9.55 Å². The molecule has 66 valence electrons. The molecule has 2 rings (SSSR count). The van der Waals surface area contributed by atoms with Gasteiger partial charge in [0.15, 0.2) is 0 Å². The van der Waals surface area contributed by atoms with Crippen molar-refractivity contribution in [3.8, 4) is 0 Å². The van der Waals surface area contributed by atoms with Gasteiger partial charge in [-0.05, 0) is 26.2 Å². The maximum atomic E-state index is 6.16. The first kappa shape index (κ1) is 7.80. The Morgan fingerprint density at radius 3 is 2.92 bits per heavy atom. The predicted molar refractivity (Wildman–Crippen MR) is 47.6 cm³/mol. The second-order valence-electron chi connectivity index (χ2n) is 3.55. The van der Waals surface area contributed by atoms with Crippen LogP contribution < -0.4 is 5.73 Å². The van der Waals surface area contributed by atoms with E-state index in [0.29, 0.717) is 0 Å². The molecule has 3 heteroatoms. The normalized spacial score (nSPS) is 20.5. The van der Waals surface area contributed by atoms with Crippen LogP contribution in [0.25, 0.3) is 0 Å². The van der Waals surface area contributed by atoms with E-state index in [9.17, 15) is 0 Å². The zero-order chi connectivity index (χ0) is 8.60. The van der Waals surface area contributed by atoms with Crippen molar-refractivity contribution < 1.29 is 0 Å². The monoisotopic (exact) mass is 165 g/mol. The van der Waals surface area contributed by atoms with Crippen LogP contribution in [-0.2, 0) is 12.1 Å². The Morgan fingerprint density at radius 2 is 2.42 bits per heavy atom. The van der Waals surface area contributed by atoms with Crippen molar-refractivity contribution in [3.05, 3.63) is 18.2 Å². The highest BCUT2D eigenvalue weighted by molar-refractivity contribution is 5.11. The molecule has 0 amide bonds. The van der Waals surface area contributed by atoms with E-state index < -0.39 is 0 Å². The van der Waals surface area contributed by atoms with Gasteiger partial charge >= 0.3 is 0 Å². The van der Waals surface area contributed by atoms with Gasteiger partial charge in [0.1, 0.15) is 5.82 Å². The summed E-state index contributed by atoms with van der Waals surface area (Å²) in [4.78, 5) is 4.32. The SMILES string of the molecule is CCn1ccnc1C1(N)CCC1. The van der Waals surface area contributed by atoms with Crippen LogP contribution in [0.2, 0.25) is 0 Å². The van der Waals surface area contributed by atoms with E-state index >= 15 is 0 Å². The smallest absolute Gasteiger partial charge is 0.128 e. The van der Waals surface area contributed by atoms with E-state index in [1.54, 1.807) is 0 Å². The van der Waals surface area contributed by atoms with E-state index in [4.69, 9.17) is 5.73 Å². The maximum Gasteiger partial charge on any atom is 0.128 e. The van der Waals surface area contributed by atoms with Gasteiger partial charge in [-0.15, -0.1) is 0 Å². The Hall–Kier alpha value is -0.830. The van der Waals surface area contributed by atoms with Crippen LogP contribution in [0, 0.1) is 0 Å². The topological polar surface area (TPSA) is 43.8 Å². The second-order valence-corrected chi connectivity index (χ2v) is 3.55. The summed E-state index contributed by atoms with van der Waals surface area (Å²) in [6.07, 6.45) is 7.26. The first-order chi connectivity index (χ1) is 5.76. The van der Waals surface area contributed by atoms with Crippen LogP contribution in [0.3, 0.4) is 0 Å². The minimum absolute atomic E-state index is 0.112. The number of rotatable bonds is 2. The van der Waals surface area contributed by atoms with Crippen LogP contribution in [0.4, 0.5) is 0 Å². The van der Waals surface area contributed by atoms with Gasteiger partial charge in [0, 0.05) is 18.9 Å². The van der Waals surface area contributed by atoms with Crippen molar-refractivity contribution in [2.75, 3.05) is 0 Å². The Kier molecular flexibility index (Phi) is 1.68. The Bertz CT molecular complexity index is 273. The lowest BCUT2D eigenvalue weighted by Gasteiger charge is -2.37. The van der Waals surface area contributed by atoms with Gasteiger partial charge in [-0.2, -0.15) is 0 Å². The van der Waals surface area contributed by atoms with Crippen molar-refractivity contribution in [1.82, 2.24) is 9.55 Å². The average molecular weight is 165 g/mol. The summed E-state index contributed by atoms with van der Waals surface area (Å²) in [5.74, 6) is 1.07. The molecule has 0 bridgehead atoms. The van der Waals surface area contributed by atoms with Crippen molar-refractivity contribution >= 4 is 0 Å². The maximum absolute atomic E-state index is 6.16. The molecule has 1 saturated carbocycles. The van der Waals surface area contributed by atoms with E-state index in [-0.39, 0.29) is 5.54 Å². The highest BCUT2D eigenvalue weighted by Crippen LogP contribution is 2.37. The highest BCUT2D eigenvalue weighted by atomic mass is 15.1. The van der Waals surface area contributed by atoms with Crippen LogP contribution in [0.1, 0.15) is 32.0 Å². The molecule has 1 heterocycles. The summed E-state index contributed by atoms with van der Waals surface area (Å²) in [5, 5.41) is 0. The predicted octanol–water partition coefficient (Wildman–Crippen LogP) is 1.24. The molecule has 0 atom stereocenters. The lowest BCUT2D eigenvalue weighted by Crippen LogP contribution is -2.45. The van der Waals surface area contributed by atoms with Gasteiger partial charge in [-0.1, -0.05) is 0 Å². The lowest BCUT2D eigenvalue weighted by molar-refractivity contribution is 0.230. The summed E-state index contributed by atoms with van der Waals surface area (Å²) in [7, 11) is 0. The van der Waals surface area contributed by atoms with Crippen molar-refractivity contribution in [1.29, 1.82) is 0 Å². The number of imidazole rings is 1. The summed E-state index contributed by atoms with van der Waals surface area (Å²) < 4.78 is 2.14. The molecular weight excluding hydrogens is 150 g/mol. The number of nitrogens with two attached hydrogens (primary N) is 1. The summed E-state index contributed by atoms with van der Waals surface area (Å²) in [5.41, 5.74) is 6.05. The fourth-order valence-corrected chi connectivity index (χ4v) is 1.78. The molecular formula is C9H15N3. The van der Waals surface area contributed by atoms with Crippen LogP contribution in [0.5, 0.6) is 0 Å². The molecule has 2 N–H and O–H groups in total. The Labute approximate surface area is 72.6 Å². The summed E-state index contributed by atoms with van der Waals surface area (Å²) in [6, 6.07) is 0. The molecule has 1 aromatic rings. The lowest BCUT2D eigenvalue weighted by atomic mass is 9.77. The van der Waals surface area contributed by atoms with Crippen molar-refractivity contribution in [3.63, 3.8) is 0 Å². The number of nitrogens with zero attached hydrogens (tertiary/aromatic N) is 2. The van der Waals surface area contributed by atoms with Crippen molar-refractivity contribution in [2.24, 2.45) is 5.73 Å². The Balaban J connectivity index is 2.31. The van der Waals surface area contributed by atoms with Gasteiger partial charge < -0.3 is 10.3 Å². The molecule has 12 heavy (non-hydrogen) atoms. The molecule has 0 spiro atoms. The molecule has 0 saturated heterocycles. The van der Waals surface area contributed by atoms with E-state index in [1.807, 2.05) is 12.4 Å². The highest BCUT2D eigenvalue weighted by Gasteiger charge is 2.37. The van der Waals surface area contributed by atoms with E-state index in [2.05, 4.69) is 16.5 Å². The molecule has 3 nitrogen and oxygen atoms in total. The van der Waals surface area contributed by atoms with Crippen molar-refractivity contribution in [2.45, 2.75) is 38.3 Å². The second kappa shape index (κ2) is 2.59. The number of aryl methyl sites for hydroxylation is 1. The Morgan fingerprint density at radius 1 is 1.67 bits per heavy atom.